The van der Waals surface area contributed by atoms with Crippen molar-refractivity contribution in [3.8, 4) is 0 Å². The highest BCUT2D eigenvalue weighted by molar-refractivity contribution is 5.14. The molecule has 2 unspecified atom stereocenters. The predicted molar refractivity (Wildman–Crippen MR) is 74.1 cm³/mol. The van der Waals surface area contributed by atoms with Crippen molar-refractivity contribution in [2.75, 3.05) is 19.7 Å². The SMILES string of the molecule is CC(N)(CO)C1CCCN(Cc2ccccc2)C1. The Bertz CT molecular complexity index is 364. The van der Waals surface area contributed by atoms with E-state index in [9.17, 15) is 5.11 Å². The number of hydrogen-bond acceptors (Lipinski definition) is 3. The Morgan fingerprint density at radius 1 is 1.39 bits per heavy atom. The number of hydrogen-bond donors (Lipinski definition) is 2. The number of benzene rings is 1. The summed E-state index contributed by atoms with van der Waals surface area (Å²) in [6.45, 7) is 5.13. The van der Waals surface area contributed by atoms with Crippen LogP contribution in [0.1, 0.15) is 25.3 Å². The van der Waals surface area contributed by atoms with Crippen molar-refractivity contribution < 1.29 is 5.11 Å². The maximum atomic E-state index is 9.38. The van der Waals surface area contributed by atoms with Crippen molar-refractivity contribution in [2.45, 2.75) is 31.8 Å². The van der Waals surface area contributed by atoms with Crippen LogP contribution in [-0.2, 0) is 6.54 Å². The highest BCUT2D eigenvalue weighted by Gasteiger charge is 2.33. The van der Waals surface area contributed by atoms with Gasteiger partial charge in [0.05, 0.1) is 6.61 Å². The monoisotopic (exact) mass is 248 g/mol. The molecule has 3 N–H and O–H groups in total. The molecule has 1 aromatic carbocycles. The summed E-state index contributed by atoms with van der Waals surface area (Å²) in [6, 6.07) is 10.5. The second kappa shape index (κ2) is 5.83. The number of piperidine rings is 1. The molecular weight excluding hydrogens is 224 g/mol. The van der Waals surface area contributed by atoms with Crippen LogP contribution < -0.4 is 5.73 Å². The Balaban J connectivity index is 1.95. The van der Waals surface area contributed by atoms with Gasteiger partial charge in [0, 0.05) is 18.6 Å². The Morgan fingerprint density at radius 2 is 2.11 bits per heavy atom. The van der Waals surface area contributed by atoms with Crippen LogP contribution in [0.5, 0.6) is 0 Å². The van der Waals surface area contributed by atoms with Gasteiger partial charge in [0.15, 0.2) is 0 Å². The molecule has 0 radical (unpaired) electrons. The minimum Gasteiger partial charge on any atom is -0.394 e. The van der Waals surface area contributed by atoms with Crippen LogP contribution >= 0.6 is 0 Å². The van der Waals surface area contributed by atoms with Crippen molar-refractivity contribution in [3.63, 3.8) is 0 Å². The minimum atomic E-state index is -0.449. The van der Waals surface area contributed by atoms with Crippen molar-refractivity contribution in [1.29, 1.82) is 0 Å². The lowest BCUT2D eigenvalue weighted by atomic mass is 9.81. The Hall–Kier alpha value is -0.900. The molecule has 2 atom stereocenters. The Labute approximate surface area is 110 Å². The lowest BCUT2D eigenvalue weighted by Gasteiger charge is -2.40. The zero-order valence-electron chi connectivity index (χ0n) is 11.2. The van der Waals surface area contributed by atoms with Gasteiger partial charge in [0.25, 0.3) is 0 Å². The fourth-order valence-electron chi connectivity index (χ4n) is 2.71. The summed E-state index contributed by atoms with van der Waals surface area (Å²) < 4.78 is 0. The van der Waals surface area contributed by atoms with Crippen LogP contribution in [0, 0.1) is 5.92 Å². The highest BCUT2D eigenvalue weighted by atomic mass is 16.3. The number of nitrogens with two attached hydrogens (primary N) is 1. The topological polar surface area (TPSA) is 49.5 Å². The van der Waals surface area contributed by atoms with Crippen molar-refractivity contribution >= 4 is 0 Å². The maximum Gasteiger partial charge on any atom is 0.0611 e. The summed E-state index contributed by atoms with van der Waals surface area (Å²) >= 11 is 0. The molecule has 0 bridgehead atoms. The average Bonchev–Trinajstić information content (AvgIpc) is 2.40. The largest absolute Gasteiger partial charge is 0.394 e. The summed E-state index contributed by atoms with van der Waals surface area (Å²) in [7, 11) is 0. The van der Waals surface area contributed by atoms with Crippen LogP contribution in [0.4, 0.5) is 0 Å². The third-order valence-corrected chi connectivity index (χ3v) is 4.03. The van der Waals surface area contributed by atoms with Gasteiger partial charge in [-0.05, 0) is 37.8 Å². The van der Waals surface area contributed by atoms with Gasteiger partial charge in [-0.25, -0.2) is 0 Å². The zero-order valence-corrected chi connectivity index (χ0v) is 11.2. The Kier molecular flexibility index (Phi) is 4.38. The molecule has 0 amide bonds. The fraction of sp³-hybridized carbons (Fsp3) is 0.600. The van der Waals surface area contributed by atoms with Crippen LogP contribution in [0.25, 0.3) is 0 Å². The van der Waals surface area contributed by atoms with E-state index < -0.39 is 5.54 Å². The molecule has 0 aromatic heterocycles. The number of likely N-dealkylation sites (tertiary alicyclic amines) is 1. The molecule has 1 fully saturated rings. The average molecular weight is 248 g/mol. The highest BCUT2D eigenvalue weighted by Crippen LogP contribution is 2.26. The maximum absolute atomic E-state index is 9.38. The van der Waals surface area contributed by atoms with E-state index in [0.717, 1.165) is 26.1 Å². The Morgan fingerprint density at radius 3 is 2.78 bits per heavy atom. The summed E-state index contributed by atoms with van der Waals surface area (Å²) in [5, 5.41) is 9.38. The third-order valence-electron chi connectivity index (χ3n) is 4.03. The lowest BCUT2D eigenvalue weighted by molar-refractivity contribution is 0.0801. The summed E-state index contributed by atoms with van der Waals surface area (Å²) in [5.41, 5.74) is 7.07. The van der Waals surface area contributed by atoms with E-state index in [4.69, 9.17) is 5.73 Å². The summed E-state index contributed by atoms with van der Waals surface area (Å²) in [4.78, 5) is 2.45. The molecule has 2 rings (SSSR count). The molecule has 1 heterocycles. The van der Waals surface area contributed by atoms with Crippen molar-refractivity contribution in [2.24, 2.45) is 11.7 Å². The predicted octanol–water partition coefficient (Wildman–Crippen LogP) is 1.61. The van der Waals surface area contributed by atoms with Crippen LogP contribution in [0.15, 0.2) is 30.3 Å². The van der Waals surface area contributed by atoms with Gasteiger partial charge in [0.1, 0.15) is 0 Å². The molecule has 3 nitrogen and oxygen atoms in total. The fourth-order valence-corrected chi connectivity index (χ4v) is 2.71. The summed E-state index contributed by atoms with van der Waals surface area (Å²) in [5.74, 6) is 0.389. The normalized spacial score (nSPS) is 24.7. The standard InChI is InChI=1S/C15H24N2O/c1-15(16,12-18)14-8-5-9-17(11-14)10-13-6-3-2-4-7-13/h2-4,6-7,14,18H,5,8-12,16H2,1H3. The van der Waals surface area contributed by atoms with Crippen LogP contribution in [0.2, 0.25) is 0 Å². The number of rotatable bonds is 4. The smallest absolute Gasteiger partial charge is 0.0611 e. The molecule has 0 spiro atoms. The van der Waals surface area contributed by atoms with E-state index in [-0.39, 0.29) is 6.61 Å². The molecule has 1 aliphatic heterocycles. The number of aliphatic hydroxyl groups excluding tert-OH is 1. The molecule has 0 saturated carbocycles. The first kappa shape index (κ1) is 13.5. The second-order valence-electron chi connectivity index (χ2n) is 5.72. The first-order valence-corrected chi connectivity index (χ1v) is 6.78. The third kappa shape index (κ3) is 3.31. The molecule has 1 aliphatic rings. The summed E-state index contributed by atoms with van der Waals surface area (Å²) in [6.07, 6.45) is 2.29. The van der Waals surface area contributed by atoms with Gasteiger partial charge in [-0.1, -0.05) is 30.3 Å². The molecule has 1 aromatic rings. The quantitative estimate of drug-likeness (QED) is 0.851. The van der Waals surface area contributed by atoms with E-state index in [0.29, 0.717) is 5.92 Å². The van der Waals surface area contributed by atoms with Crippen LogP contribution in [-0.4, -0.2) is 35.2 Å². The van der Waals surface area contributed by atoms with Crippen molar-refractivity contribution in [1.82, 2.24) is 4.90 Å². The van der Waals surface area contributed by atoms with Gasteiger partial charge in [-0.15, -0.1) is 0 Å². The first-order valence-electron chi connectivity index (χ1n) is 6.78. The first-order chi connectivity index (χ1) is 8.62. The molecule has 0 aliphatic carbocycles. The zero-order chi connectivity index (χ0) is 13.0. The van der Waals surface area contributed by atoms with Gasteiger partial charge < -0.3 is 10.8 Å². The minimum absolute atomic E-state index is 0.0663. The van der Waals surface area contributed by atoms with E-state index in [1.54, 1.807) is 0 Å². The lowest BCUT2D eigenvalue weighted by Crippen LogP contribution is -2.53. The van der Waals surface area contributed by atoms with E-state index in [1.807, 2.05) is 13.0 Å². The molecule has 3 heteroatoms. The molecule has 18 heavy (non-hydrogen) atoms. The van der Waals surface area contributed by atoms with E-state index in [2.05, 4.69) is 29.2 Å². The number of nitrogens with zero attached hydrogens (tertiary/aromatic N) is 1. The van der Waals surface area contributed by atoms with Crippen molar-refractivity contribution in [3.05, 3.63) is 35.9 Å². The van der Waals surface area contributed by atoms with Gasteiger partial charge in [-0.3, -0.25) is 4.90 Å². The molecule has 100 valence electrons. The van der Waals surface area contributed by atoms with E-state index in [1.165, 1.54) is 12.0 Å². The van der Waals surface area contributed by atoms with Gasteiger partial charge >= 0.3 is 0 Å². The second-order valence-corrected chi connectivity index (χ2v) is 5.72. The molecular formula is C15H24N2O. The number of aliphatic hydroxyl groups is 1. The molecule has 1 saturated heterocycles. The van der Waals surface area contributed by atoms with Crippen LogP contribution in [0.3, 0.4) is 0 Å². The van der Waals surface area contributed by atoms with Gasteiger partial charge in [-0.2, -0.15) is 0 Å². The van der Waals surface area contributed by atoms with E-state index >= 15 is 0 Å². The van der Waals surface area contributed by atoms with Gasteiger partial charge in [0.2, 0.25) is 0 Å².